The fraction of sp³-hybridized carbons (Fsp3) is 0.240. The predicted octanol–water partition coefficient (Wildman–Crippen LogP) is 3.66. The molecular formula is C25H25N3O3. The summed E-state index contributed by atoms with van der Waals surface area (Å²) in [6, 6.07) is 19.0. The maximum atomic E-state index is 13.2. The number of hydrogen-bond donors (Lipinski definition) is 1. The Hall–Kier alpha value is -3.67. The molecule has 2 heterocycles. The lowest BCUT2D eigenvalue weighted by Crippen LogP contribution is -2.36. The zero-order valence-corrected chi connectivity index (χ0v) is 17.6. The molecule has 0 aliphatic carbocycles. The topological polar surface area (TPSA) is 71.5 Å². The van der Waals surface area contributed by atoms with E-state index in [1.54, 1.807) is 24.4 Å². The standard InChI is InChI=1S/C25H25N3O3/c1-17-8-9-22(31-2)21(14-17)28-16-20(15-23(28)29)25(30)27-24(18-6-4-3-5-7-18)19-10-12-26-13-11-19/h3-14,20,24H,15-16H2,1-2H3,(H,27,30). The summed E-state index contributed by atoms with van der Waals surface area (Å²) in [5.41, 5.74) is 3.65. The lowest BCUT2D eigenvalue weighted by Gasteiger charge is -2.22. The van der Waals surface area contributed by atoms with Gasteiger partial charge in [-0.3, -0.25) is 14.6 Å². The molecule has 1 aliphatic rings. The number of amides is 2. The third-order valence-corrected chi connectivity index (χ3v) is 5.58. The number of rotatable bonds is 6. The SMILES string of the molecule is COc1ccc(C)cc1N1CC(C(=O)NC(c2ccccc2)c2ccncc2)CC1=O. The molecule has 158 valence electrons. The van der Waals surface area contributed by atoms with Gasteiger partial charge in [0.25, 0.3) is 0 Å². The van der Waals surface area contributed by atoms with E-state index < -0.39 is 5.92 Å². The Labute approximate surface area is 181 Å². The molecule has 2 amide bonds. The van der Waals surface area contributed by atoms with Crippen molar-refractivity contribution in [2.75, 3.05) is 18.6 Å². The molecule has 1 saturated heterocycles. The highest BCUT2D eigenvalue weighted by Gasteiger charge is 2.37. The van der Waals surface area contributed by atoms with E-state index in [1.165, 1.54) is 0 Å². The zero-order chi connectivity index (χ0) is 21.8. The Morgan fingerprint density at radius 2 is 1.81 bits per heavy atom. The van der Waals surface area contributed by atoms with Gasteiger partial charge in [-0.1, -0.05) is 36.4 Å². The molecule has 1 N–H and O–H groups in total. The van der Waals surface area contributed by atoms with E-state index in [4.69, 9.17) is 4.74 Å². The van der Waals surface area contributed by atoms with Crippen LogP contribution in [-0.2, 0) is 9.59 Å². The molecule has 2 aromatic carbocycles. The van der Waals surface area contributed by atoms with Crippen molar-refractivity contribution in [3.8, 4) is 5.75 Å². The molecule has 4 rings (SSSR count). The molecule has 0 radical (unpaired) electrons. The van der Waals surface area contributed by atoms with Crippen LogP contribution in [0.4, 0.5) is 5.69 Å². The van der Waals surface area contributed by atoms with Gasteiger partial charge in [-0.15, -0.1) is 0 Å². The van der Waals surface area contributed by atoms with Gasteiger partial charge in [0.2, 0.25) is 11.8 Å². The third-order valence-electron chi connectivity index (χ3n) is 5.58. The number of aromatic nitrogens is 1. The number of nitrogens with zero attached hydrogens (tertiary/aromatic N) is 2. The van der Waals surface area contributed by atoms with Crippen LogP contribution in [0, 0.1) is 12.8 Å². The van der Waals surface area contributed by atoms with Crippen LogP contribution in [0.1, 0.15) is 29.2 Å². The number of benzene rings is 2. The van der Waals surface area contributed by atoms with Gasteiger partial charge in [-0.25, -0.2) is 0 Å². The maximum Gasteiger partial charge on any atom is 0.227 e. The van der Waals surface area contributed by atoms with Crippen molar-refractivity contribution in [2.45, 2.75) is 19.4 Å². The molecule has 1 aliphatic heterocycles. The number of hydrogen-bond acceptors (Lipinski definition) is 4. The van der Waals surface area contributed by atoms with E-state index in [1.807, 2.05) is 67.6 Å². The fourth-order valence-corrected chi connectivity index (χ4v) is 3.95. The number of methoxy groups -OCH3 is 1. The van der Waals surface area contributed by atoms with E-state index in [2.05, 4.69) is 10.3 Å². The van der Waals surface area contributed by atoms with Gasteiger partial charge in [-0.2, -0.15) is 0 Å². The van der Waals surface area contributed by atoms with Crippen LogP contribution in [0.5, 0.6) is 5.75 Å². The van der Waals surface area contributed by atoms with Crippen LogP contribution in [0.25, 0.3) is 0 Å². The number of carbonyl (C=O) groups is 2. The van der Waals surface area contributed by atoms with Crippen molar-refractivity contribution in [1.82, 2.24) is 10.3 Å². The summed E-state index contributed by atoms with van der Waals surface area (Å²) in [6.07, 6.45) is 3.59. The third kappa shape index (κ3) is 4.43. The lowest BCUT2D eigenvalue weighted by molar-refractivity contribution is -0.126. The van der Waals surface area contributed by atoms with Gasteiger partial charge in [0.1, 0.15) is 5.75 Å². The van der Waals surface area contributed by atoms with E-state index >= 15 is 0 Å². The van der Waals surface area contributed by atoms with Gasteiger partial charge in [0.05, 0.1) is 24.8 Å². The average Bonchev–Trinajstić information content (AvgIpc) is 3.20. The first kappa shape index (κ1) is 20.6. The fourth-order valence-electron chi connectivity index (χ4n) is 3.95. The molecular weight excluding hydrogens is 390 g/mol. The molecule has 1 fully saturated rings. The predicted molar refractivity (Wildman–Crippen MR) is 119 cm³/mol. The first-order valence-corrected chi connectivity index (χ1v) is 10.3. The number of pyridine rings is 1. The summed E-state index contributed by atoms with van der Waals surface area (Å²) in [4.78, 5) is 31.7. The van der Waals surface area contributed by atoms with Crippen molar-refractivity contribution in [3.63, 3.8) is 0 Å². The molecule has 6 heteroatoms. The Balaban J connectivity index is 1.55. The highest BCUT2D eigenvalue weighted by Crippen LogP contribution is 2.34. The molecule has 2 atom stereocenters. The molecule has 2 unspecified atom stereocenters. The van der Waals surface area contributed by atoms with Crippen molar-refractivity contribution >= 4 is 17.5 Å². The smallest absolute Gasteiger partial charge is 0.227 e. The molecule has 31 heavy (non-hydrogen) atoms. The normalized spacial score (nSPS) is 16.8. The molecule has 1 aromatic heterocycles. The quantitative estimate of drug-likeness (QED) is 0.667. The largest absolute Gasteiger partial charge is 0.495 e. The van der Waals surface area contributed by atoms with Gasteiger partial charge in [0, 0.05) is 25.4 Å². The second-order valence-electron chi connectivity index (χ2n) is 7.71. The highest BCUT2D eigenvalue weighted by atomic mass is 16.5. The Morgan fingerprint density at radius 1 is 1.10 bits per heavy atom. The second kappa shape index (κ2) is 9.00. The molecule has 0 bridgehead atoms. The first-order chi connectivity index (χ1) is 15.1. The van der Waals surface area contributed by atoms with Gasteiger partial charge in [-0.05, 0) is 47.9 Å². The van der Waals surface area contributed by atoms with Gasteiger partial charge >= 0.3 is 0 Å². The minimum atomic E-state index is -0.439. The minimum Gasteiger partial charge on any atom is -0.495 e. The zero-order valence-electron chi connectivity index (χ0n) is 17.6. The molecule has 3 aromatic rings. The van der Waals surface area contributed by atoms with E-state index in [-0.39, 0.29) is 24.3 Å². The molecule has 0 spiro atoms. The highest BCUT2D eigenvalue weighted by molar-refractivity contribution is 6.01. The number of ether oxygens (including phenoxy) is 1. The van der Waals surface area contributed by atoms with E-state index in [0.29, 0.717) is 18.0 Å². The summed E-state index contributed by atoms with van der Waals surface area (Å²) in [5, 5.41) is 3.15. The lowest BCUT2D eigenvalue weighted by atomic mass is 9.98. The maximum absolute atomic E-state index is 13.2. The van der Waals surface area contributed by atoms with Crippen LogP contribution in [0.2, 0.25) is 0 Å². The number of aryl methyl sites for hydroxylation is 1. The van der Waals surface area contributed by atoms with Crippen molar-refractivity contribution in [3.05, 3.63) is 89.7 Å². The van der Waals surface area contributed by atoms with Crippen LogP contribution in [-0.4, -0.2) is 30.5 Å². The number of nitrogens with one attached hydrogen (secondary N) is 1. The Morgan fingerprint density at radius 3 is 2.52 bits per heavy atom. The van der Waals surface area contributed by atoms with Gasteiger partial charge in [0.15, 0.2) is 0 Å². The van der Waals surface area contributed by atoms with E-state index in [0.717, 1.165) is 16.7 Å². The Bertz CT molecular complexity index is 1030. The molecule has 6 nitrogen and oxygen atoms in total. The summed E-state index contributed by atoms with van der Waals surface area (Å²) >= 11 is 0. The van der Waals surface area contributed by atoms with Gasteiger partial charge < -0.3 is 15.0 Å². The summed E-state index contributed by atoms with van der Waals surface area (Å²) in [7, 11) is 1.58. The first-order valence-electron chi connectivity index (χ1n) is 10.3. The summed E-state index contributed by atoms with van der Waals surface area (Å²) in [6.45, 7) is 2.29. The molecule has 0 saturated carbocycles. The van der Waals surface area contributed by atoms with Crippen LogP contribution in [0.15, 0.2) is 73.1 Å². The minimum absolute atomic E-state index is 0.0794. The van der Waals surface area contributed by atoms with Crippen molar-refractivity contribution in [1.29, 1.82) is 0 Å². The van der Waals surface area contributed by atoms with Crippen molar-refractivity contribution in [2.24, 2.45) is 5.92 Å². The monoisotopic (exact) mass is 415 g/mol. The number of carbonyl (C=O) groups excluding carboxylic acids is 2. The van der Waals surface area contributed by atoms with Crippen LogP contribution >= 0.6 is 0 Å². The summed E-state index contributed by atoms with van der Waals surface area (Å²) in [5.74, 6) is -0.0397. The van der Waals surface area contributed by atoms with Crippen LogP contribution < -0.4 is 15.0 Å². The van der Waals surface area contributed by atoms with Crippen molar-refractivity contribution < 1.29 is 14.3 Å². The second-order valence-corrected chi connectivity index (χ2v) is 7.71. The number of anilines is 1. The van der Waals surface area contributed by atoms with Crippen LogP contribution in [0.3, 0.4) is 0 Å². The Kier molecular flexibility index (Phi) is 5.98. The average molecular weight is 415 g/mol. The summed E-state index contributed by atoms with van der Waals surface area (Å²) < 4.78 is 5.44. The van der Waals surface area contributed by atoms with E-state index in [9.17, 15) is 9.59 Å².